The summed E-state index contributed by atoms with van der Waals surface area (Å²) in [6, 6.07) is 12.4. The number of likely N-dealkylation sites (tertiary alicyclic amines) is 1. The Bertz CT molecular complexity index is 820. The fraction of sp³-hybridized carbons (Fsp3) is 0.435. The van der Waals surface area contributed by atoms with Gasteiger partial charge in [-0.25, -0.2) is 0 Å². The van der Waals surface area contributed by atoms with Crippen molar-refractivity contribution in [3.05, 3.63) is 58.1 Å². The molecule has 1 N–H and O–H groups in total. The van der Waals surface area contributed by atoms with Gasteiger partial charge in [0, 0.05) is 16.8 Å². The molecule has 1 aliphatic rings. The molecular formula is C23H29ClN2O2. The molecule has 5 heteroatoms. The molecule has 0 saturated carbocycles. The molecular weight excluding hydrogens is 372 g/mol. The monoisotopic (exact) mass is 400 g/mol. The van der Waals surface area contributed by atoms with Crippen LogP contribution >= 0.6 is 11.6 Å². The van der Waals surface area contributed by atoms with Crippen molar-refractivity contribution in [2.45, 2.75) is 45.6 Å². The van der Waals surface area contributed by atoms with E-state index in [9.17, 15) is 4.79 Å². The SMILES string of the molecule is CCc1ccc(Cl)c(CC)c1NC(=O)CN1CCCC1c1ccc(OC)cc1. The summed E-state index contributed by atoms with van der Waals surface area (Å²) < 4.78 is 5.25. The minimum Gasteiger partial charge on any atom is -0.497 e. The van der Waals surface area contributed by atoms with Crippen LogP contribution in [0.2, 0.25) is 5.02 Å². The first kappa shape index (κ1) is 20.7. The predicted octanol–water partition coefficient (Wildman–Crippen LogP) is 5.25. The van der Waals surface area contributed by atoms with Crippen LogP contribution in [0.3, 0.4) is 0 Å². The van der Waals surface area contributed by atoms with Gasteiger partial charge in [-0.05, 0) is 67.1 Å². The van der Waals surface area contributed by atoms with E-state index in [0.29, 0.717) is 11.6 Å². The Morgan fingerprint density at radius 2 is 1.93 bits per heavy atom. The summed E-state index contributed by atoms with van der Waals surface area (Å²) >= 11 is 6.37. The van der Waals surface area contributed by atoms with Crippen LogP contribution in [0.5, 0.6) is 5.75 Å². The number of aryl methyl sites for hydroxylation is 1. The molecule has 0 spiro atoms. The normalized spacial score (nSPS) is 16.9. The molecule has 1 aliphatic heterocycles. The topological polar surface area (TPSA) is 41.6 Å². The number of hydrogen-bond acceptors (Lipinski definition) is 3. The minimum absolute atomic E-state index is 0.0204. The molecule has 1 amide bonds. The van der Waals surface area contributed by atoms with Crippen molar-refractivity contribution in [2.24, 2.45) is 0 Å². The van der Waals surface area contributed by atoms with E-state index in [4.69, 9.17) is 16.3 Å². The lowest BCUT2D eigenvalue weighted by molar-refractivity contribution is -0.117. The summed E-state index contributed by atoms with van der Waals surface area (Å²) in [5.74, 6) is 0.873. The highest BCUT2D eigenvalue weighted by Gasteiger charge is 2.28. The lowest BCUT2D eigenvalue weighted by Crippen LogP contribution is -2.33. The van der Waals surface area contributed by atoms with Gasteiger partial charge in [0.05, 0.1) is 13.7 Å². The number of carbonyl (C=O) groups excluding carboxylic acids is 1. The van der Waals surface area contributed by atoms with Gasteiger partial charge in [0.1, 0.15) is 5.75 Å². The van der Waals surface area contributed by atoms with E-state index in [-0.39, 0.29) is 11.9 Å². The maximum atomic E-state index is 12.9. The van der Waals surface area contributed by atoms with Crippen molar-refractivity contribution >= 4 is 23.2 Å². The molecule has 0 bridgehead atoms. The van der Waals surface area contributed by atoms with Gasteiger partial charge in [-0.3, -0.25) is 9.69 Å². The maximum absolute atomic E-state index is 12.9. The van der Waals surface area contributed by atoms with Gasteiger partial charge in [-0.15, -0.1) is 0 Å². The van der Waals surface area contributed by atoms with E-state index >= 15 is 0 Å². The van der Waals surface area contributed by atoms with Crippen molar-refractivity contribution in [1.29, 1.82) is 0 Å². The Kier molecular flexibility index (Phi) is 6.97. The summed E-state index contributed by atoms with van der Waals surface area (Å²) in [6.45, 7) is 5.48. The summed E-state index contributed by atoms with van der Waals surface area (Å²) in [7, 11) is 1.67. The molecule has 0 aromatic heterocycles. The number of rotatable bonds is 7. The Labute approximate surface area is 172 Å². The molecule has 0 aliphatic carbocycles. The lowest BCUT2D eigenvalue weighted by Gasteiger charge is -2.25. The van der Waals surface area contributed by atoms with Crippen LogP contribution in [-0.4, -0.2) is 31.0 Å². The first-order valence-corrected chi connectivity index (χ1v) is 10.4. The van der Waals surface area contributed by atoms with Crippen molar-refractivity contribution in [1.82, 2.24) is 4.90 Å². The number of amides is 1. The number of anilines is 1. The highest BCUT2D eigenvalue weighted by molar-refractivity contribution is 6.32. The second-order valence-corrected chi connectivity index (χ2v) is 7.62. The summed E-state index contributed by atoms with van der Waals surface area (Å²) in [5, 5.41) is 3.87. The molecule has 1 fully saturated rings. The van der Waals surface area contributed by atoms with Crippen LogP contribution in [0.1, 0.15) is 49.4 Å². The van der Waals surface area contributed by atoms with Gasteiger partial charge in [0.2, 0.25) is 5.91 Å². The first-order valence-electron chi connectivity index (χ1n) is 10.0. The first-order chi connectivity index (χ1) is 13.6. The van der Waals surface area contributed by atoms with Gasteiger partial charge < -0.3 is 10.1 Å². The largest absolute Gasteiger partial charge is 0.497 e. The standard InChI is InChI=1S/C23H29ClN2O2/c1-4-16-10-13-20(24)19(5-2)23(16)25-22(27)15-26-14-6-7-21(26)17-8-11-18(28-3)12-9-17/h8-13,21H,4-7,14-15H2,1-3H3,(H,25,27). The number of ether oxygens (including phenoxy) is 1. The third kappa shape index (κ3) is 4.50. The highest BCUT2D eigenvalue weighted by Crippen LogP contribution is 2.33. The van der Waals surface area contributed by atoms with Crippen LogP contribution in [0.4, 0.5) is 5.69 Å². The number of methoxy groups -OCH3 is 1. The van der Waals surface area contributed by atoms with E-state index < -0.39 is 0 Å². The minimum atomic E-state index is 0.0204. The lowest BCUT2D eigenvalue weighted by atomic mass is 10.0. The number of carbonyl (C=O) groups is 1. The third-order valence-corrected chi connectivity index (χ3v) is 5.91. The molecule has 0 radical (unpaired) electrons. The van der Waals surface area contributed by atoms with Gasteiger partial charge >= 0.3 is 0 Å². The molecule has 28 heavy (non-hydrogen) atoms. The van der Waals surface area contributed by atoms with Crippen molar-refractivity contribution in [3.8, 4) is 5.75 Å². The smallest absolute Gasteiger partial charge is 0.238 e. The number of halogens is 1. The van der Waals surface area contributed by atoms with Crippen LogP contribution in [0.25, 0.3) is 0 Å². The second kappa shape index (κ2) is 9.44. The molecule has 150 valence electrons. The molecule has 2 aromatic rings. The summed E-state index contributed by atoms with van der Waals surface area (Å²) in [4.78, 5) is 15.1. The average molecular weight is 401 g/mol. The van der Waals surface area contributed by atoms with E-state index in [1.165, 1.54) is 5.56 Å². The van der Waals surface area contributed by atoms with Crippen LogP contribution in [0.15, 0.2) is 36.4 Å². The van der Waals surface area contributed by atoms with E-state index in [1.807, 2.05) is 24.3 Å². The molecule has 1 heterocycles. The molecule has 1 atom stereocenters. The zero-order valence-corrected chi connectivity index (χ0v) is 17.7. The van der Waals surface area contributed by atoms with Gasteiger partial charge in [0.15, 0.2) is 0 Å². The van der Waals surface area contributed by atoms with Crippen molar-refractivity contribution in [2.75, 3.05) is 25.5 Å². The Hall–Kier alpha value is -2.04. The zero-order valence-electron chi connectivity index (χ0n) is 16.9. The molecule has 1 saturated heterocycles. The van der Waals surface area contributed by atoms with Crippen molar-refractivity contribution < 1.29 is 9.53 Å². The summed E-state index contributed by atoms with van der Waals surface area (Å²) in [5.41, 5.74) is 4.27. The predicted molar refractivity (Wildman–Crippen MR) is 115 cm³/mol. The number of nitrogens with one attached hydrogen (secondary N) is 1. The molecule has 1 unspecified atom stereocenters. The molecule has 3 rings (SSSR count). The fourth-order valence-corrected chi connectivity index (χ4v) is 4.34. The van der Waals surface area contributed by atoms with Crippen LogP contribution < -0.4 is 10.1 Å². The van der Waals surface area contributed by atoms with Crippen LogP contribution in [0, 0.1) is 0 Å². The fourth-order valence-electron chi connectivity index (χ4n) is 4.05. The quantitative estimate of drug-likeness (QED) is 0.690. The molecule has 4 nitrogen and oxygen atoms in total. The third-order valence-electron chi connectivity index (χ3n) is 5.55. The van der Waals surface area contributed by atoms with Crippen molar-refractivity contribution in [3.63, 3.8) is 0 Å². The molecule has 2 aromatic carbocycles. The number of nitrogens with zero attached hydrogens (tertiary/aromatic N) is 1. The van der Waals surface area contributed by atoms with Crippen LogP contribution in [-0.2, 0) is 17.6 Å². The van der Waals surface area contributed by atoms with E-state index in [0.717, 1.165) is 54.8 Å². The maximum Gasteiger partial charge on any atom is 0.238 e. The van der Waals surface area contributed by atoms with E-state index in [1.54, 1.807) is 7.11 Å². The Morgan fingerprint density at radius 3 is 2.57 bits per heavy atom. The zero-order chi connectivity index (χ0) is 20.1. The number of benzene rings is 2. The highest BCUT2D eigenvalue weighted by atomic mass is 35.5. The number of hydrogen-bond donors (Lipinski definition) is 1. The van der Waals surface area contributed by atoms with Gasteiger partial charge in [0.25, 0.3) is 0 Å². The van der Waals surface area contributed by atoms with E-state index in [2.05, 4.69) is 36.2 Å². The second-order valence-electron chi connectivity index (χ2n) is 7.22. The van der Waals surface area contributed by atoms with Gasteiger partial charge in [-0.1, -0.05) is 43.6 Å². The van der Waals surface area contributed by atoms with Gasteiger partial charge in [-0.2, -0.15) is 0 Å². The Morgan fingerprint density at radius 1 is 1.18 bits per heavy atom. The average Bonchev–Trinajstić information content (AvgIpc) is 3.16. The summed E-state index contributed by atoms with van der Waals surface area (Å²) in [6.07, 6.45) is 3.82. The Balaban J connectivity index is 1.73.